The highest BCUT2D eigenvalue weighted by Crippen LogP contribution is 2.30. The summed E-state index contributed by atoms with van der Waals surface area (Å²) < 4.78 is 5.38. The summed E-state index contributed by atoms with van der Waals surface area (Å²) in [5, 5.41) is 9.07. The van der Waals surface area contributed by atoms with Crippen molar-refractivity contribution < 1.29 is 24.2 Å². The molecule has 0 saturated carbocycles. The molecule has 1 N–H and O–H groups in total. The van der Waals surface area contributed by atoms with Gasteiger partial charge in [-0.2, -0.15) is 0 Å². The van der Waals surface area contributed by atoms with E-state index >= 15 is 0 Å². The average Bonchev–Trinajstić information content (AvgIpc) is 3.10. The van der Waals surface area contributed by atoms with Gasteiger partial charge in [0, 0.05) is 44.5 Å². The third-order valence-corrected chi connectivity index (χ3v) is 5.62. The van der Waals surface area contributed by atoms with Gasteiger partial charge in [-0.15, -0.1) is 0 Å². The van der Waals surface area contributed by atoms with Crippen molar-refractivity contribution in [3.05, 3.63) is 29.8 Å². The molecular formula is C21H28N2O5. The van der Waals surface area contributed by atoms with Crippen LogP contribution in [0.1, 0.15) is 38.2 Å². The summed E-state index contributed by atoms with van der Waals surface area (Å²) in [6.07, 6.45) is 2.30. The highest BCUT2D eigenvalue weighted by atomic mass is 16.5. The minimum Gasteiger partial charge on any atom is -0.481 e. The van der Waals surface area contributed by atoms with E-state index in [1.165, 1.54) is 0 Å². The molecule has 3 rings (SSSR count). The molecule has 2 aliphatic rings. The molecule has 2 aliphatic heterocycles. The number of carbonyl (C=O) groups excluding carboxylic acids is 2. The molecule has 0 aromatic heterocycles. The molecule has 0 aliphatic carbocycles. The zero-order chi connectivity index (χ0) is 20.1. The second-order valence-electron chi connectivity index (χ2n) is 7.41. The summed E-state index contributed by atoms with van der Waals surface area (Å²) in [5.41, 5.74) is 1.95. The lowest BCUT2D eigenvalue weighted by Gasteiger charge is -2.35. The second kappa shape index (κ2) is 9.19. The number of carboxylic acids is 1. The molecule has 1 aromatic carbocycles. The maximum atomic E-state index is 13.2. The number of anilines is 1. The molecule has 28 heavy (non-hydrogen) atoms. The van der Waals surface area contributed by atoms with E-state index in [0.29, 0.717) is 32.6 Å². The maximum Gasteiger partial charge on any atom is 0.305 e. The molecule has 2 fully saturated rings. The normalized spacial score (nSPS) is 20.4. The number of benzene rings is 1. The Labute approximate surface area is 165 Å². The predicted octanol–water partition coefficient (Wildman–Crippen LogP) is 2.08. The minimum atomic E-state index is -0.925. The van der Waals surface area contributed by atoms with Crippen molar-refractivity contribution in [3.8, 4) is 0 Å². The van der Waals surface area contributed by atoms with E-state index in [1.54, 1.807) is 9.80 Å². The summed E-state index contributed by atoms with van der Waals surface area (Å²) in [6, 6.07) is 7.75. The van der Waals surface area contributed by atoms with Crippen molar-refractivity contribution in [2.75, 3.05) is 31.2 Å². The van der Waals surface area contributed by atoms with Gasteiger partial charge in [-0.05, 0) is 30.9 Å². The molecule has 7 nitrogen and oxygen atoms in total. The van der Waals surface area contributed by atoms with Crippen LogP contribution in [0.3, 0.4) is 0 Å². The van der Waals surface area contributed by atoms with Gasteiger partial charge in [0.1, 0.15) is 0 Å². The van der Waals surface area contributed by atoms with Crippen molar-refractivity contribution in [2.24, 2.45) is 5.92 Å². The Morgan fingerprint density at radius 1 is 1.25 bits per heavy atom. The fraction of sp³-hybridized carbons (Fsp3) is 0.571. The van der Waals surface area contributed by atoms with Crippen LogP contribution in [-0.4, -0.2) is 60.1 Å². The number of hydrogen-bond acceptors (Lipinski definition) is 4. The zero-order valence-corrected chi connectivity index (χ0v) is 16.3. The molecular weight excluding hydrogens is 360 g/mol. The van der Waals surface area contributed by atoms with Crippen LogP contribution in [0.5, 0.6) is 0 Å². The molecule has 2 amide bonds. The Hall–Kier alpha value is -2.41. The summed E-state index contributed by atoms with van der Waals surface area (Å²) in [4.78, 5) is 40.4. The van der Waals surface area contributed by atoms with Gasteiger partial charge in [-0.3, -0.25) is 14.4 Å². The summed E-state index contributed by atoms with van der Waals surface area (Å²) in [6.45, 7) is 3.71. The van der Waals surface area contributed by atoms with Gasteiger partial charge in [-0.25, -0.2) is 0 Å². The molecule has 2 saturated heterocycles. The minimum absolute atomic E-state index is 0.0207. The standard InChI is InChI=1S/C21H28N2O5/c1-2-15-5-3-4-6-18(15)23-14-16(13-19(23)24)21(27)22(10-7-20(25)26)17-8-11-28-12-9-17/h3-6,16-17H,2,7-14H2,1H3,(H,25,26)/t16-/m0/s1. The quantitative estimate of drug-likeness (QED) is 0.773. The summed E-state index contributed by atoms with van der Waals surface area (Å²) in [7, 11) is 0. The van der Waals surface area contributed by atoms with Gasteiger partial charge in [-0.1, -0.05) is 25.1 Å². The van der Waals surface area contributed by atoms with Gasteiger partial charge >= 0.3 is 5.97 Å². The Morgan fingerprint density at radius 3 is 2.64 bits per heavy atom. The van der Waals surface area contributed by atoms with Crippen LogP contribution in [0.2, 0.25) is 0 Å². The summed E-state index contributed by atoms with van der Waals surface area (Å²) in [5.74, 6) is -1.53. The fourth-order valence-electron chi connectivity index (χ4n) is 4.10. The number of carbonyl (C=O) groups is 3. The number of aliphatic carboxylic acids is 1. The first-order chi connectivity index (χ1) is 13.5. The summed E-state index contributed by atoms with van der Waals surface area (Å²) >= 11 is 0. The van der Waals surface area contributed by atoms with Crippen molar-refractivity contribution in [2.45, 2.75) is 45.1 Å². The first-order valence-electron chi connectivity index (χ1n) is 9.99. The Balaban J connectivity index is 1.75. The molecule has 7 heteroatoms. The Morgan fingerprint density at radius 2 is 1.96 bits per heavy atom. The molecule has 2 heterocycles. The number of rotatable bonds is 7. The molecule has 1 aromatic rings. The SMILES string of the molecule is CCc1ccccc1N1C[C@@H](C(=O)N(CCC(=O)O)C2CCOCC2)CC1=O. The Kier molecular flexibility index (Phi) is 6.67. The first kappa shape index (κ1) is 20.3. The van der Waals surface area contributed by atoms with E-state index in [0.717, 1.165) is 17.7 Å². The molecule has 152 valence electrons. The van der Waals surface area contributed by atoms with Crippen LogP contribution in [0.4, 0.5) is 5.69 Å². The van der Waals surface area contributed by atoms with Gasteiger partial charge in [0.2, 0.25) is 11.8 Å². The lowest BCUT2D eigenvalue weighted by Crippen LogP contribution is -2.47. The van der Waals surface area contributed by atoms with Crippen LogP contribution >= 0.6 is 0 Å². The number of ether oxygens (including phenoxy) is 1. The second-order valence-corrected chi connectivity index (χ2v) is 7.41. The van der Waals surface area contributed by atoms with Gasteiger partial charge in [0.05, 0.1) is 12.3 Å². The lowest BCUT2D eigenvalue weighted by atomic mass is 10.0. The van der Waals surface area contributed by atoms with Crippen molar-refractivity contribution in [1.29, 1.82) is 0 Å². The van der Waals surface area contributed by atoms with Crippen molar-refractivity contribution in [3.63, 3.8) is 0 Å². The monoisotopic (exact) mass is 388 g/mol. The van der Waals surface area contributed by atoms with E-state index in [-0.39, 0.29) is 37.2 Å². The number of hydrogen-bond donors (Lipinski definition) is 1. The topological polar surface area (TPSA) is 87.2 Å². The van der Waals surface area contributed by atoms with Crippen LogP contribution in [0, 0.1) is 5.92 Å². The average molecular weight is 388 g/mol. The first-order valence-corrected chi connectivity index (χ1v) is 9.99. The molecule has 1 atom stereocenters. The lowest BCUT2D eigenvalue weighted by molar-refractivity contribution is -0.142. The van der Waals surface area contributed by atoms with Crippen molar-refractivity contribution in [1.82, 2.24) is 4.90 Å². The van der Waals surface area contributed by atoms with E-state index in [4.69, 9.17) is 9.84 Å². The third kappa shape index (κ3) is 4.52. The fourth-order valence-corrected chi connectivity index (χ4v) is 4.10. The van der Waals surface area contributed by atoms with E-state index < -0.39 is 11.9 Å². The number of carboxylic acid groups (broad SMARTS) is 1. The van der Waals surface area contributed by atoms with Gasteiger partial charge in [0.25, 0.3) is 0 Å². The van der Waals surface area contributed by atoms with E-state index in [1.807, 2.05) is 31.2 Å². The number of amides is 2. The molecule has 0 unspecified atom stereocenters. The molecule has 0 radical (unpaired) electrons. The predicted molar refractivity (Wildman–Crippen MR) is 104 cm³/mol. The van der Waals surface area contributed by atoms with Crippen LogP contribution in [-0.2, 0) is 25.5 Å². The van der Waals surface area contributed by atoms with Crippen LogP contribution in [0.25, 0.3) is 0 Å². The van der Waals surface area contributed by atoms with E-state index in [9.17, 15) is 14.4 Å². The zero-order valence-electron chi connectivity index (χ0n) is 16.3. The molecule has 0 bridgehead atoms. The van der Waals surface area contributed by atoms with Crippen molar-refractivity contribution >= 4 is 23.5 Å². The highest BCUT2D eigenvalue weighted by molar-refractivity contribution is 6.01. The van der Waals surface area contributed by atoms with Crippen LogP contribution in [0.15, 0.2) is 24.3 Å². The number of nitrogens with zero attached hydrogens (tertiary/aromatic N) is 2. The van der Waals surface area contributed by atoms with E-state index in [2.05, 4.69) is 0 Å². The third-order valence-electron chi connectivity index (χ3n) is 5.62. The maximum absolute atomic E-state index is 13.2. The van der Waals surface area contributed by atoms with Gasteiger partial charge < -0.3 is 19.6 Å². The number of para-hydroxylation sites is 1. The van der Waals surface area contributed by atoms with Gasteiger partial charge in [0.15, 0.2) is 0 Å². The molecule has 0 spiro atoms. The number of aryl methyl sites for hydroxylation is 1. The van der Waals surface area contributed by atoms with Crippen LogP contribution < -0.4 is 4.90 Å². The highest BCUT2D eigenvalue weighted by Gasteiger charge is 2.39. The Bertz CT molecular complexity index is 729. The largest absolute Gasteiger partial charge is 0.481 e. The smallest absolute Gasteiger partial charge is 0.305 e.